The van der Waals surface area contributed by atoms with E-state index in [0.29, 0.717) is 42.5 Å². The monoisotopic (exact) mass is 556 g/mol. The van der Waals surface area contributed by atoms with Gasteiger partial charge in [0.05, 0.1) is 47.1 Å². The lowest BCUT2D eigenvalue weighted by atomic mass is 9.84. The molecule has 0 spiro atoms. The number of amidine groups is 1. The van der Waals surface area contributed by atoms with Crippen LogP contribution in [0.4, 0.5) is 5.69 Å². The zero-order valence-electron chi connectivity index (χ0n) is 21.7. The zero-order chi connectivity index (χ0) is 26.2. The van der Waals surface area contributed by atoms with E-state index in [1.165, 1.54) is 0 Å². The van der Waals surface area contributed by atoms with Crippen molar-refractivity contribution in [3.05, 3.63) is 52.1 Å². The van der Waals surface area contributed by atoms with Crippen LogP contribution in [0.3, 0.4) is 0 Å². The molecule has 2 aromatic rings. The molecule has 36 heavy (non-hydrogen) atoms. The maximum absolute atomic E-state index is 13.6. The number of Topliss-reactive ketones (excluding diaryl/α,β-unsaturated/α-hetero) is 1. The number of nitrogens with zero attached hydrogens (tertiary/aromatic N) is 3. The van der Waals surface area contributed by atoms with Gasteiger partial charge in [-0.1, -0.05) is 20.8 Å². The van der Waals surface area contributed by atoms with Crippen LogP contribution in [0.25, 0.3) is 0 Å². The number of ketones is 1. The van der Waals surface area contributed by atoms with Crippen LogP contribution in [-0.4, -0.2) is 62.8 Å². The van der Waals surface area contributed by atoms with Crippen molar-refractivity contribution < 1.29 is 19.1 Å². The Hall–Kier alpha value is -3.07. The van der Waals surface area contributed by atoms with Crippen molar-refractivity contribution >= 4 is 39.4 Å². The summed E-state index contributed by atoms with van der Waals surface area (Å²) in [6.45, 7) is 10.7. The van der Waals surface area contributed by atoms with Gasteiger partial charge in [0.25, 0.3) is 5.91 Å². The Bertz CT molecular complexity index is 1240. The number of carbonyl (C=O) groups excluding carboxylic acids is 2. The van der Waals surface area contributed by atoms with E-state index in [0.717, 1.165) is 34.7 Å². The lowest BCUT2D eigenvalue weighted by Crippen LogP contribution is -2.33. The van der Waals surface area contributed by atoms with Gasteiger partial charge in [0, 0.05) is 37.3 Å². The van der Waals surface area contributed by atoms with Crippen LogP contribution >= 0.6 is 16.1 Å². The molecule has 2 heterocycles. The van der Waals surface area contributed by atoms with Gasteiger partial charge in [0.15, 0.2) is 5.78 Å². The molecule has 0 fully saturated rings. The summed E-state index contributed by atoms with van der Waals surface area (Å²) in [5.41, 5.74) is 4.60. The average molecular weight is 557 g/mol. The second kappa shape index (κ2) is 10.1. The highest BCUT2D eigenvalue weighted by Gasteiger charge is 2.32. The van der Waals surface area contributed by atoms with E-state index in [2.05, 4.69) is 51.2 Å². The summed E-state index contributed by atoms with van der Waals surface area (Å²) in [5, 5.41) is 2.66. The molecule has 0 radical (unpaired) electrons. The van der Waals surface area contributed by atoms with Crippen LogP contribution in [0.5, 0.6) is 11.5 Å². The number of hydrogen-bond donors (Lipinski definition) is 1. The van der Waals surface area contributed by atoms with Crippen molar-refractivity contribution in [2.45, 2.75) is 39.7 Å². The van der Waals surface area contributed by atoms with Gasteiger partial charge in [-0.25, -0.2) is 0 Å². The first kappa shape index (κ1) is 26.0. The van der Waals surface area contributed by atoms with Gasteiger partial charge >= 0.3 is 0 Å². The van der Waals surface area contributed by atoms with Crippen LogP contribution in [0.15, 0.2) is 28.3 Å². The molecule has 2 aliphatic heterocycles. The van der Waals surface area contributed by atoms with E-state index in [4.69, 9.17) is 9.47 Å². The number of carbonyl (C=O) groups is 2. The summed E-state index contributed by atoms with van der Waals surface area (Å²) in [6, 6.07) is 7.55. The zero-order valence-corrected chi connectivity index (χ0v) is 23.3. The molecule has 0 saturated heterocycles. The lowest BCUT2D eigenvalue weighted by molar-refractivity contribution is 0.0953. The van der Waals surface area contributed by atoms with E-state index in [1.54, 1.807) is 13.1 Å². The topological polar surface area (TPSA) is 83.5 Å². The number of benzene rings is 2. The third-order valence-corrected chi connectivity index (χ3v) is 6.91. The van der Waals surface area contributed by atoms with Gasteiger partial charge in [-0.3, -0.25) is 9.59 Å². The predicted molar refractivity (Wildman–Crippen MR) is 145 cm³/mol. The molecule has 0 aliphatic carbocycles. The first-order valence-electron chi connectivity index (χ1n) is 12.1. The highest BCUT2D eigenvalue weighted by Crippen LogP contribution is 2.42. The molecule has 1 amide bonds. The van der Waals surface area contributed by atoms with Gasteiger partial charge in [-0.05, 0) is 42.2 Å². The number of nitrogens with one attached hydrogen (secondary N) is 1. The smallest absolute Gasteiger partial charge is 0.254 e. The van der Waals surface area contributed by atoms with Crippen molar-refractivity contribution in [1.82, 2.24) is 10.2 Å². The molecular weight excluding hydrogens is 524 g/mol. The van der Waals surface area contributed by atoms with Crippen LogP contribution in [0, 0.1) is 0 Å². The molecule has 0 atom stereocenters. The number of amides is 1. The minimum Gasteiger partial charge on any atom is -0.493 e. The van der Waals surface area contributed by atoms with Crippen molar-refractivity contribution in [3.8, 4) is 11.5 Å². The van der Waals surface area contributed by atoms with E-state index in [9.17, 15) is 9.59 Å². The minimum atomic E-state index is -0.236. The maximum Gasteiger partial charge on any atom is 0.254 e. The first-order chi connectivity index (χ1) is 17.1. The molecule has 0 unspecified atom stereocenters. The van der Waals surface area contributed by atoms with Gasteiger partial charge < -0.3 is 24.6 Å². The Morgan fingerprint density at radius 3 is 2.61 bits per heavy atom. The second-order valence-corrected chi connectivity index (χ2v) is 10.5. The Kier molecular flexibility index (Phi) is 7.31. The van der Waals surface area contributed by atoms with Crippen molar-refractivity contribution in [1.29, 1.82) is 0 Å². The highest BCUT2D eigenvalue weighted by atomic mass is 79.9. The lowest BCUT2D eigenvalue weighted by Gasteiger charge is -2.33. The molecule has 1 N–H and O–H groups in total. The molecule has 2 aliphatic rings. The van der Waals surface area contributed by atoms with E-state index >= 15 is 0 Å². The van der Waals surface area contributed by atoms with Crippen LogP contribution in [0.1, 0.15) is 65.1 Å². The van der Waals surface area contributed by atoms with Crippen molar-refractivity contribution in [2.24, 2.45) is 4.02 Å². The number of ether oxygens (including phenoxy) is 2. The predicted octanol–water partition coefficient (Wildman–Crippen LogP) is 4.33. The standard InChI is InChI=1S/C27H33BrN4O4/c1-7-35-23-12-17-14-32(25(30-28)18(17)13-19(23)26(34)29-5)15-22(33)16-10-20(27(2,3)4)24-21(11-16)31(6)8-9-36-24/h10-13H,7-9,14-15H2,1-6H3,(H,29,34). The van der Waals surface area contributed by atoms with Gasteiger partial charge in [0.2, 0.25) is 0 Å². The molecular formula is C27H33BrN4O4. The molecule has 4 rings (SSSR count). The third kappa shape index (κ3) is 4.81. The number of rotatable bonds is 6. The van der Waals surface area contributed by atoms with Gasteiger partial charge in [-0.2, -0.15) is 4.02 Å². The fourth-order valence-electron chi connectivity index (χ4n) is 4.67. The van der Waals surface area contributed by atoms with Crippen molar-refractivity contribution in [2.75, 3.05) is 45.3 Å². The summed E-state index contributed by atoms with van der Waals surface area (Å²) in [7, 11) is 3.61. The molecule has 2 aromatic carbocycles. The Morgan fingerprint density at radius 2 is 1.97 bits per heavy atom. The van der Waals surface area contributed by atoms with Crippen LogP contribution in [0.2, 0.25) is 0 Å². The van der Waals surface area contributed by atoms with E-state index < -0.39 is 0 Å². The summed E-state index contributed by atoms with van der Waals surface area (Å²) >= 11 is 3.24. The number of likely N-dealkylation sites (N-methyl/N-ethyl adjacent to an activating group) is 1. The Labute approximate surface area is 221 Å². The fraction of sp³-hybridized carbons (Fsp3) is 0.444. The summed E-state index contributed by atoms with van der Waals surface area (Å²) in [6.07, 6.45) is 0. The Balaban J connectivity index is 1.67. The minimum absolute atomic E-state index is 0.0136. The van der Waals surface area contributed by atoms with Crippen LogP contribution < -0.4 is 19.7 Å². The highest BCUT2D eigenvalue weighted by molar-refractivity contribution is 9.08. The normalized spacial score (nSPS) is 15.9. The SMILES string of the molecule is CCOc1cc2c(cc1C(=O)NC)C(=NBr)N(CC(=O)c1cc3c(c(C(C)(C)C)c1)OCCN3C)C2. The molecule has 0 saturated carbocycles. The summed E-state index contributed by atoms with van der Waals surface area (Å²) in [5.74, 6) is 1.74. The summed E-state index contributed by atoms with van der Waals surface area (Å²) in [4.78, 5) is 30.2. The van der Waals surface area contributed by atoms with Gasteiger partial charge in [-0.15, -0.1) is 0 Å². The molecule has 0 aromatic heterocycles. The average Bonchev–Trinajstić information content (AvgIpc) is 3.17. The number of anilines is 1. The first-order valence-corrected chi connectivity index (χ1v) is 12.8. The molecule has 192 valence electrons. The van der Waals surface area contributed by atoms with E-state index in [-0.39, 0.29) is 23.7 Å². The molecule has 9 heteroatoms. The third-order valence-electron chi connectivity index (χ3n) is 6.58. The Morgan fingerprint density at radius 1 is 1.22 bits per heavy atom. The quantitative estimate of drug-likeness (QED) is 0.533. The second-order valence-electron chi connectivity index (χ2n) is 10.1. The number of hydrogen-bond acceptors (Lipinski definition) is 6. The largest absolute Gasteiger partial charge is 0.493 e. The molecule has 0 bridgehead atoms. The van der Waals surface area contributed by atoms with Crippen molar-refractivity contribution in [3.63, 3.8) is 0 Å². The van der Waals surface area contributed by atoms with Gasteiger partial charge in [0.1, 0.15) is 23.9 Å². The maximum atomic E-state index is 13.6. The van der Waals surface area contributed by atoms with E-state index in [1.807, 2.05) is 37.1 Å². The fourth-order valence-corrected chi connectivity index (χ4v) is 5.08. The van der Waals surface area contributed by atoms with Crippen LogP contribution in [-0.2, 0) is 12.0 Å². The summed E-state index contributed by atoms with van der Waals surface area (Å²) < 4.78 is 16.1. The molecule has 8 nitrogen and oxygen atoms in total. The number of halogens is 1. The number of fused-ring (bicyclic) bond motifs is 2.